The Labute approximate surface area is 291 Å². The largest absolute Gasteiger partial charge is 0.497 e. The van der Waals surface area contributed by atoms with Crippen molar-refractivity contribution in [2.24, 2.45) is 5.73 Å². The number of pyridine rings is 1. The Bertz CT molecular complexity index is 2190. The van der Waals surface area contributed by atoms with Crippen LogP contribution in [0.15, 0.2) is 115 Å². The molecular weight excluding hydrogens is 624 g/mol. The second-order valence-electron chi connectivity index (χ2n) is 12.2. The molecule has 8 heteroatoms. The monoisotopic (exact) mass is 662 g/mol. The van der Waals surface area contributed by atoms with E-state index in [1.807, 2.05) is 79.7 Å². The van der Waals surface area contributed by atoms with Gasteiger partial charge in [-0.3, -0.25) is 14.6 Å². The van der Waals surface area contributed by atoms with E-state index in [2.05, 4.69) is 45.9 Å². The number of carbonyl (C=O) groups is 3. The van der Waals surface area contributed by atoms with E-state index in [0.29, 0.717) is 35.5 Å². The minimum Gasteiger partial charge on any atom is -0.497 e. The summed E-state index contributed by atoms with van der Waals surface area (Å²) in [6.45, 7) is 1.99. The van der Waals surface area contributed by atoms with Crippen molar-refractivity contribution >= 4 is 46.1 Å². The van der Waals surface area contributed by atoms with Crippen LogP contribution in [-0.4, -0.2) is 30.2 Å². The highest BCUT2D eigenvalue weighted by Crippen LogP contribution is 2.33. The predicted octanol–water partition coefficient (Wildman–Crippen LogP) is 8.43. The summed E-state index contributed by atoms with van der Waals surface area (Å²) in [6, 6.07) is 35.2. The number of fused-ring (bicyclic) bond motifs is 1. The number of hydrogen-bond acceptors (Lipinski definition) is 6. The van der Waals surface area contributed by atoms with Gasteiger partial charge in [-0.25, -0.2) is 0 Å². The smallest absolute Gasteiger partial charge is 0.255 e. The number of nitrogens with zero attached hydrogens (tertiary/aromatic N) is 1. The quantitative estimate of drug-likeness (QED) is 0.0843. The van der Waals surface area contributed by atoms with Crippen LogP contribution in [-0.2, 0) is 17.6 Å². The number of ether oxygens (including phenoxy) is 1. The topological polar surface area (TPSA) is 123 Å². The van der Waals surface area contributed by atoms with Gasteiger partial charge in [0, 0.05) is 41.0 Å². The fraction of sp³-hybridized carbons (Fsp3) is 0.143. The Morgan fingerprint density at radius 1 is 0.820 bits per heavy atom. The number of aromatic nitrogens is 1. The number of amides is 2. The van der Waals surface area contributed by atoms with Crippen molar-refractivity contribution in [1.29, 1.82) is 0 Å². The van der Waals surface area contributed by atoms with Gasteiger partial charge < -0.3 is 25.9 Å². The number of carbonyl (C=O) groups excluding carboxylic acids is 3. The minimum absolute atomic E-state index is 0.204. The normalized spacial score (nSPS) is 10.8. The average Bonchev–Trinajstić information content (AvgIpc) is 3.12. The van der Waals surface area contributed by atoms with Gasteiger partial charge in [-0.1, -0.05) is 60.7 Å². The third-order valence-corrected chi connectivity index (χ3v) is 8.62. The molecule has 0 bridgehead atoms. The molecule has 1 heterocycles. The molecule has 0 radical (unpaired) electrons. The van der Waals surface area contributed by atoms with E-state index in [-0.39, 0.29) is 11.5 Å². The van der Waals surface area contributed by atoms with Crippen molar-refractivity contribution in [3.05, 3.63) is 149 Å². The van der Waals surface area contributed by atoms with Crippen LogP contribution in [0.2, 0.25) is 0 Å². The molecule has 6 rings (SSSR count). The Kier molecular flexibility index (Phi) is 10.3. The molecule has 0 saturated carbocycles. The Hall–Kier alpha value is -6.28. The number of methoxy groups -OCH3 is 1. The summed E-state index contributed by atoms with van der Waals surface area (Å²) in [4.78, 5) is 41.1. The summed E-state index contributed by atoms with van der Waals surface area (Å²) in [5.41, 5.74) is 15.5. The summed E-state index contributed by atoms with van der Waals surface area (Å²) in [5, 5.41) is 7.20. The van der Waals surface area contributed by atoms with Gasteiger partial charge in [-0.05, 0) is 102 Å². The van der Waals surface area contributed by atoms with Crippen LogP contribution in [0, 0.1) is 6.92 Å². The lowest BCUT2D eigenvalue weighted by molar-refractivity contribution is -0.107. The molecule has 50 heavy (non-hydrogen) atoms. The number of anilines is 3. The average molecular weight is 663 g/mol. The van der Waals surface area contributed by atoms with Crippen molar-refractivity contribution in [2.45, 2.75) is 32.6 Å². The zero-order valence-corrected chi connectivity index (χ0v) is 28.0. The van der Waals surface area contributed by atoms with Crippen LogP contribution >= 0.6 is 0 Å². The second-order valence-corrected chi connectivity index (χ2v) is 12.2. The van der Waals surface area contributed by atoms with Gasteiger partial charge in [-0.2, -0.15) is 0 Å². The van der Waals surface area contributed by atoms with E-state index in [4.69, 9.17) is 10.5 Å². The zero-order valence-electron chi connectivity index (χ0n) is 28.0. The van der Waals surface area contributed by atoms with Gasteiger partial charge in [0.05, 0.1) is 23.9 Å². The Balaban J connectivity index is 1.22. The number of nitrogens with two attached hydrogens (primary N) is 1. The molecule has 0 spiro atoms. The molecule has 250 valence electrons. The fourth-order valence-corrected chi connectivity index (χ4v) is 6.12. The van der Waals surface area contributed by atoms with Crippen molar-refractivity contribution in [3.8, 4) is 16.9 Å². The molecule has 6 aromatic rings. The molecule has 0 aliphatic carbocycles. The lowest BCUT2D eigenvalue weighted by atomic mass is 9.97. The first-order valence-corrected chi connectivity index (χ1v) is 16.5. The number of benzene rings is 5. The van der Waals surface area contributed by atoms with E-state index in [0.717, 1.165) is 63.5 Å². The van der Waals surface area contributed by atoms with Crippen LogP contribution in [0.5, 0.6) is 5.75 Å². The Morgan fingerprint density at radius 3 is 2.38 bits per heavy atom. The van der Waals surface area contributed by atoms with Crippen molar-refractivity contribution in [1.82, 2.24) is 4.98 Å². The van der Waals surface area contributed by atoms with Crippen LogP contribution in [0.4, 0.5) is 17.1 Å². The highest BCUT2D eigenvalue weighted by Gasteiger charge is 2.17. The lowest BCUT2D eigenvalue weighted by Gasteiger charge is -2.16. The summed E-state index contributed by atoms with van der Waals surface area (Å²) in [7, 11) is 1.60. The van der Waals surface area contributed by atoms with Gasteiger partial charge in [0.2, 0.25) is 0 Å². The first-order valence-electron chi connectivity index (χ1n) is 16.5. The number of rotatable bonds is 13. The molecule has 4 N–H and O–H groups in total. The third kappa shape index (κ3) is 7.88. The van der Waals surface area contributed by atoms with Crippen molar-refractivity contribution in [2.75, 3.05) is 17.7 Å². The molecule has 0 atom stereocenters. The predicted molar refractivity (Wildman–Crippen MR) is 199 cm³/mol. The maximum atomic E-state index is 13.4. The number of primary amides is 1. The zero-order chi connectivity index (χ0) is 35.0. The maximum absolute atomic E-state index is 13.4. The Morgan fingerprint density at radius 2 is 1.60 bits per heavy atom. The number of nitrogens with one attached hydrogen (secondary N) is 2. The first-order chi connectivity index (χ1) is 24.3. The highest BCUT2D eigenvalue weighted by molar-refractivity contribution is 6.08. The van der Waals surface area contributed by atoms with Gasteiger partial charge in [0.15, 0.2) is 0 Å². The van der Waals surface area contributed by atoms with E-state index in [1.54, 1.807) is 13.2 Å². The van der Waals surface area contributed by atoms with Crippen LogP contribution in [0.25, 0.3) is 22.0 Å². The van der Waals surface area contributed by atoms with Crippen molar-refractivity contribution < 1.29 is 19.1 Å². The SMILES string of the molecule is COc1cccc(Nc2c(C(N)=O)cnc3c(C)cc(Cc4cccc(C(=O)Nc5cccc(-c6ccc(CCCC=O)cc6)c5)c4)cc23)c1. The number of unbranched alkanes of at least 4 members (excludes halogenated alkanes) is 1. The van der Waals surface area contributed by atoms with Gasteiger partial charge in [0.1, 0.15) is 12.0 Å². The van der Waals surface area contributed by atoms with Crippen LogP contribution in [0.1, 0.15) is 55.8 Å². The molecule has 0 aliphatic heterocycles. The summed E-state index contributed by atoms with van der Waals surface area (Å²) in [5.74, 6) is -0.113. The van der Waals surface area contributed by atoms with Crippen LogP contribution < -0.4 is 21.1 Å². The van der Waals surface area contributed by atoms with Gasteiger partial charge in [-0.15, -0.1) is 0 Å². The van der Waals surface area contributed by atoms with Gasteiger partial charge in [0.25, 0.3) is 11.8 Å². The van der Waals surface area contributed by atoms with E-state index in [9.17, 15) is 14.4 Å². The second kappa shape index (κ2) is 15.3. The third-order valence-electron chi connectivity index (χ3n) is 8.62. The molecular formula is C42H38N4O4. The minimum atomic E-state index is -0.586. The maximum Gasteiger partial charge on any atom is 0.255 e. The number of hydrogen-bond donors (Lipinski definition) is 3. The molecule has 1 aromatic heterocycles. The summed E-state index contributed by atoms with van der Waals surface area (Å²) < 4.78 is 5.38. The molecule has 8 nitrogen and oxygen atoms in total. The molecule has 0 saturated heterocycles. The standard InChI is InChI=1S/C42H38N4O4/c1-27-20-30(23-37-39(27)44-26-38(41(43)48)40(37)45-35-13-7-14-36(25-35)50-2)21-29-9-5-11-33(22-29)42(49)46-34-12-6-10-32(24-34)31-17-15-28(16-18-31)8-3-4-19-47/h5-7,9-20,22-26H,3-4,8,21H2,1-2H3,(H2,43,48)(H,44,45)(H,46,49). The van der Waals surface area contributed by atoms with E-state index >= 15 is 0 Å². The number of aldehydes is 1. The van der Waals surface area contributed by atoms with Crippen molar-refractivity contribution in [3.63, 3.8) is 0 Å². The molecule has 0 aliphatic rings. The molecule has 0 unspecified atom stereocenters. The molecule has 5 aromatic carbocycles. The highest BCUT2D eigenvalue weighted by atomic mass is 16.5. The number of aryl methyl sites for hydroxylation is 2. The first kappa shape index (κ1) is 33.6. The fourth-order valence-electron chi connectivity index (χ4n) is 6.12. The van der Waals surface area contributed by atoms with E-state index < -0.39 is 5.91 Å². The summed E-state index contributed by atoms with van der Waals surface area (Å²) in [6.07, 6.45) is 5.29. The summed E-state index contributed by atoms with van der Waals surface area (Å²) >= 11 is 0. The molecule has 2 amide bonds. The van der Waals surface area contributed by atoms with E-state index in [1.165, 1.54) is 11.8 Å². The molecule has 0 fully saturated rings. The van der Waals surface area contributed by atoms with Gasteiger partial charge >= 0.3 is 0 Å². The lowest BCUT2D eigenvalue weighted by Crippen LogP contribution is -2.14. The van der Waals surface area contributed by atoms with Crippen LogP contribution in [0.3, 0.4) is 0 Å².